The van der Waals surface area contributed by atoms with Gasteiger partial charge in [-0.15, -0.1) is 0 Å². The molecule has 1 aliphatic carbocycles. The maximum absolute atomic E-state index is 5.56. The van der Waals surface area contributed by atoms with Gasteiger partial charge in [-0.1, -0.05) is 66.6 Å². The SMILES string of the molecule is Cc1ccc(/C=C2\C[C@@H](C)CC3=C2NC(=S)N[C@H]3c2ccc(C)cc2)cc1. The van der Waals surface area contributed by atoms with Crippen LogP contribution in [-0.2, 0) is 0 Å². The second-order valence-corrected chi connectivity index (χ2v) is 8.34. The third-order valence-electron chi connectivity index (χ3n) is 5.47. The normalized spacial score (nSPS) is 23.7. The summed E-state index contributed by atoms with van der Waals surface area (Å²) in [5, 5.41) is 7.67. The van der Waals surface area contributed by atoms with Gasteiger partial charge in [-0.3, -0.25) is 0 Å². The van der Waals surface area contributed by atoms with Crippen LogP contribution in [-0.4, -0.2) is 5.11 Å². The average molecular weight is 375 g/mol. The zero-order chi connectivity index (χ0) is 19.0. The number of hydrogen-bond acceptors (Lipinski definition) is 1. The zero-order valence-electron chi connectivity index (χ0n) is 16.2. The Hall–Kier alpha value is -2.39. The topological polar surface area (TPSA) is 24.1 Å². The van der Waals surface area contributed by atoms with E-state index in [1.54, 1.807) is 0 Å². The highest BCUT2D eigenvalue weighted by atomic mass is 32.1. The molecule has 0 spiro atoms. The first-order valence-electron chi connectivity index (χ1n) is 9.64. The van der Waals surface area contributed by atoms with Crippen molar-refractivity contribution in [2.45, 2.75) is 39.7 Å². The lowest BCUT2D eigenvalue weighted by Gasteiger charge is -2.38. The first-order valence-corrected chi connectivity index (χ1v) is 10.0. The van der Waals surface area contributed by atoms with E-state index < -0.39 is 0 Å². The molecular weight excluding hydrogens is 348 g/mol. The Balaban J connectivity index is 1.78. The molecule has 138 valence electrons. The summed E-state index contributed by atoms with van der Waals surface area (Å²) >= 11 is 5.56. The van der Waals surface area contributed by atoms with E-state index in [9.17, 15) is 0 Å². The number of nitrogens with one attached hydrogen (secondary N) is 2. The van der Waals surface area contributed by atoms with Crippen LogP contribution in [0.5, 0.6) is 0 Å². The van der Waals surface area contributed by atoms with Crippen molar-refractivity contribution in [3.8, 4) is 0 Å². The zero-order valence-corrected chi connectivity index (χ0v) is 17.0. The van der Waals surface area contributed by atoms with Crippen LogP contribution in [0.3, 0.4) is 0 Å². The fourth-order valence-corrected chi connectivity index (χ4v) is 4.28. The van der Waals surface area contributed by atoms with E-state index in [1.807, 2.05) is 0 Å². The predicted octanol–water partition coefficient (Wildman–Crippen LogP) is 5.59. The molecule has 27 heavy (non-hydrogen) atoms. The molecule has 0 radical (unpaired) electrons. The monoisotopic (exact) mass is 374 g/mol. The lowest BCUT2D eigenvalue weighted by molar-refractivity contribution is 0.500. The van der Waals surface area contributed by atoms with Gasteiger partial charge in [-0.25, -0.2) is 0 Å². The summed E-state index contributed by atoms with van der Waals surface area (Å²) in [4.78, 5) is 0. The van der Waals surface area contributed by atoms with Gasteiger partial charge >= 0.3 is 0 Å². The van der Waals surface area contributed by atoms with Gasteiger partial charge in [0, 0.05) is 5.70 Å². The van der Waals surface area contributed by atoms with Gasteiger partial charge in [0.1, 0.15) is 0 Å². The highest BCUT2D eigenvalue weighted by Crippen LogP contribution is 2.41. The smallest absolute Gasteiger partial charge is 0.171 e. The number of rotatable bonds is 2. The van der Waals surface area contributed by atoms with Crippen LogP contribution in [0.4, 0.5) is 0 Å². The second kappa shape index (κ2) is 7.32. The van der Waals surface area contributed by atoms with Crippen LogP contribution in [0.15, 0.2) is 65.4 Å². The Morgan fingerprint density at radius 3 is 2.22 bits per heavy atom. The molecule has 3 heteroatoms. The fourth-order valence-electron chi connectivity index (χ4n) is 4.06. The van der Waals surface area contributed by atoms with Crippen molar-refractivity contribution in [3.05, 3.63) is 87.6 Å². The molecule has 2 aromatic rings. The van der Waals surface area contributed by atoms with E-state index >= 15 is 0 Å². The van der Waals surface area contributed by atoms with Gasteiger partial charge < -0.3 is 10.6 Å². The Bertz CT molecular complexity index is 920. The molecule has 0 saturated carbocycles. The lowest BCUT2D eigenvalue weighted by atomic mass is 9.78. The van der Waals surface area contributed by atoms with E-state index in [1.165, 1.54) is 39.1 Å². The molecule has 1 aliphatic heterocycles. The van der Waals surface area contributed by atoms with Gasteiger partial charge in [-0.05, 0) is 73.2 Å². The van der Waals surface area contributed by atoms with Crippen molar-refractivity contribution in [3.63, 3.8) is 0 Å². The van der Waals surface area contributed by atoms with E-state index in [2.05, 4.69) is 86.0 Å². The summed E-state index contributed by atoms with van der Waals surface area (Å²) in [6.07, 6.45) is 4.47. The largest absolute Gasteiger partial charge is 0.352 e. The Morgan fingerprint density at radius 1 is 0.926 bits per heavy atom. The van der Waals surface area contributed by atoms with Gasteiger partial charge in [0.05, 0.1) is 6.04 Å². The molecule has 0 bridgehead atoms. The Morgan fingerprint density at radius 2 is 1.56 bits per heavy atom. The number of benzene rings is 2. The highest BCUT2D eigenvalue weighted by molar-refractivity contribution is 7.80. The molecule has 0 unspecified atom stereocenters. The van der Waals surface area contributed by atoms with Crippen LogP contribution in [0, 0.1) is 19.8 Å². The summed E-state index contributed by atoms with van der Waals surface area (Å²) in [7, 11) is 0. The van der Waals surface area contributed by atoms with E-state index in [0.29, 0.717) is 11.0 Å². The van der Waals surface area contributed by atoms with Crippen molar-refractivity contribution in [1.82, 2.24) is 10.6 Å². The van der Waals surface area contributed by atoms with Crippen LogP contribution < -0.4 is 10.6 Å². The molecule has 2 aromatic carbocycles. The summed E-state index contributed by atoms with van der Waals surface area (Å²) in [5.41, 5.74) is 9.09. The van der Waals surface area contributed by atoms with Crippen molar-refractivity contribution in [1.29, 1.82) is 0 Å². The molecule has 2 nitrogen and oxygen atoms in total. The maximum Gasteiger partial charge on any atom is 0.171 e. The molecule has 0 saturated heterocycles. The minimum Gasteiger partial charge on any atom is -0.352 e. The molecule has 0 fully saturated rings. The lowest BCUT2D eigenvalue weighted by Crippen LogP contribution is -2.45. The maximum atomic E-state index is 5.56. The van der Waals surface area contributed by atoms with Gasteiger partial charge in [0.15, 0.2) is 5.11 Å². The molecule has 2 aliphatic rings. The summed E-state index contributed by atoms with van der Waals surface area (Å²) in [6, 6.07) is 17.7. The number of allylic oxidation sites excluding steroid dienone is 1. The standard InChI is InChI=1S/C24H26N2S/c1-15-4-8-18(9-5-15)14-20-12-17(3)13-21-22(25-24(27)26-23(20)21)19-10-6-16(2)7-11-19/h4-11,14,17,22H,12-13H2,1-3H3,(H2,25,26,27)/b20-14+/t17-,22+/m1/s1. The van der Waals surface area contributed by atoms with Crippen molar-refractivity contribution in [2.75, 3.05) is 0 Å². The molecule has 4 rings (SSSR count). The summed E-state index contributed by atoms with van der Waals surface area (Å²) in [5.74, 6) is 0.615. The average Bonchev–Trinajstić information content (AvgIpc) is 2.64. The molecule has 2 N–H and O–H groups in total. The second-order valence-electron chi connectivity index (χ2n) is 7.94. The van der Waals surface area contributed by atoms with Crippen molar-refractivity contribution in [2.24, 2.45) is 5.92 Å². The highest BCUT2D eigenvalue weighted by Gasteiger charge is 2.32. The Labute approximate surface area is 167 Å². The minimum absolute atomic E-state index is 0.151. The molecule has 2 atom stereocenters. The molecule has 0 aromatic heterocycles. The third kappa shape index (κ3) is 3.84. The fraction of sp³-hybridized carbons (Fsp3) is 0.292. The van der Waals surface area contributed by atoms with Crippen LogP contribution in [0.25, 0.3) is 6.08 Å². The van der Waals surface area contributed by atoms with Crippen LogP contribution in [0.1, 0.15) is 48.1 Å². The summed E-state index contributed by atoms with van der Waals surface area (Å²) in [6.45, 7) is 6.59. The van der Waals surface area contributed by atoms with Gasteiger partial charge in [0.25, 0.3) is 0 Å². The van der Waals surface area contributed by atoms with E-state index in [0.717, 1.165) is 12.8 Å². The predicted molar refractivity (Wildman–Crippen MR) is 117 cm³/mol. The first-order chi connectivity index (χ1) is 13.0. The Kier molecular flexibility index (Phi) is 4.88. The number of thiocarbonyl (C=S) groups is 1. The molecule has 1 heterocycles. The van der Waals surface area contributed by atoms with Crippen molar-refractivity contribution >= 4 is 23.4 Å². The number of aryl methyl sites for hydroxylation is 2. The first kappa shape index (κ1) is 18.0. The van der Waals surface area contributed by atoms with Gasteiger partial charge in [0.2, 0.25) is 0 Å². The quantitative estimate of drug-likeness (QED) is 0.670. The third-order valence-corrected chi connectivity index (χ3v) is 5.69. The van der Waals surface area contributed by atoms with Crippen LogP contribution >= 0.6 is 12.2 Å². The molecular formula is C24H26N2S. The van der Waals surface area contributed by atoms with Crippen LogP contribution in [0.2, 0.25) is 0 Å². The summed E-state index contributed by atoms with van der Waals surface area (Å²) < 4.78 is 0. The van der Waals surface area contributed by atoms with Crippen molar-refractivity contribution < 1.29 is 0 Å². The van der Waals surface area contributed by atoms with E-state index in [4.69, 9.17) is 12.2 Å². The van der Waals surface area contributed by atoms with Gasteiger partial charge in [-0.2, -0.15) is 0 Å². The van der Waals surface area contributed by atoms with E-state index in [-0.39, 0.29) is 6.04 Å². The minimum atomic E-state index is 0.151. The molecule has 0 amide bonds. The number of hydrogen-bond donors (Lipinski definition) is 2.